The van der Waals surface area contributed by atoms with E-state index in [1.54, 1.807) is 13.8 Å². The Morgan fingerprint density at radius 3 is 2.17 bits per heavy atom. The van der Waals surface area contributed by atoms with E-state index in [-0.39, 0.29) is 0 Å². The molecule has 0 aliphatic carbocycles. The summed E-state index contributed by atoms with van der Waals surface area (Å²) in [6.07, 6.45) is 0.461. The Morgan fingerprint density at radius 2 is 1.92 bits per heavy atom. The standard InChI is InChI=1S/C6H14N4O2/c1-3-6(2,4(7)11)10-9-5(8)12/h10H,3H2,1-2H3,(H2,7,11)(H3,8,9,12). The maximum absolute atomic E-state index is 10.8. The predicted molar refractivity (Wildman–Crippen MR) is 43.7 cm³/mol. The van der Waals surface area contributed by atoms with Crippen LogP contribution < -0.4 is 22.3 Å². The van der Waals surface area contributed by atoms with Gasteiger partial charge in [-0.05, 0) is 13.3 Å². The molecule has 0 aromatic rings. The van der Waals surface area contributed by atoms with Crippen LogP contribution >= 0.6 is 0 Å². The van der Waals surface area contributed by atoms with Crippen LogP contribution in [0.3, 0.4) is 0 Å². The average Bonchev–Trinajstić information content (AvgIpc) is 1.99. The molecule has 6 N–H and O–H groups in total. The van der Waals surface area contributed by atoms with Gasteiger partial charge in [0.1, 0.15) is 5.54 Å². The smallest absolute Gasteiger partial charge is 0.326 e. The van der Waals surface area contributed by atoms with Crippen LogP contribution in [0.25, 0.3) is 0 Å². The first-order valence-electron chi connectivity index (χ1n) is 3.55. The van der Waals surface area contributed by atoms with Crippen LogP contribution in [-0.4, -0.2) is 17.5 Å². The summed E-state index contributed by atoms with van der Waals surface area (Å²) in [7, 11) is 0. The van der Waals surface area contributed by atoms with Gasteiger partial charge in [-0.2, -0.15) is 0 Å². The zero-order chi connectivity index (χ0) is 9.78. The number of hydrogen-bond donors (Lipinski definition) is 4. The number of urea groups is 1. The summed E-state index contributed by atoms with van der Waals surface area (Å²) in [5.41, 5.74) is 13.5. The minimum Gasteiger partial charge on any atom is -0.368 e. The summed E-state index contributed by atoms with van der Waals surface area (Å²) in [4.78, 5) is 21.1. The lowest BCUT2D eigenvalue weighted by Crippen LogP contribution is -2.60. The maximum Gasteiger partial charge on any atom is 0.326 e. The van der Waals surface area contributed by atoms with Gasteiger partial charge in [0.05, 0.1) is 0 Å². The van der Waals surface area contributed by atoms with E-state index in [1.165, 1.54) is 0 Å². The molecule has 0 rings (SSSR count). The van der Waals surface area contributed by atoms with E-state index in [0.717, 1.165) is 0 Å². The molecule has 1 unspecified atom stereocenters. The lowest BCUT2D eigenvalue weighted by Gasteiger charge is -2.25. The van der Waals surface area contributed by atoms with Gasteiger partial charge in [0.25, 0.3) is 0 Å². The molecule has 0 aliphatic heterocycles. The first-order chi connectivity index (χ1) is 5.42. The van der Waals surface area contributed by atoms with Gasteiger partial charge in [0.2, 0.25) is 5.91 Å². The van der Waals surface area contributed by atoms with Crippen LogP contribution in [0.5, 0.6) is 0 Å². The van der Waals surface area contributed by atoms with Crippen molar-refractivity contribution in [2.24, 2.45) is 11.5 Å². The van der Waals surface area contributed by atoms with Gasteiger partial charge in [0.15, 0.2) is 0 Å². The van der Waals surface area contributed by atoms with Crippen molar-refractivity contribution in [3.05, 3.63) is 0 Å². The van der Waals surface area contributed by atoms with E-state index >= 15 is 0 Å². The fraction of sp³-hybridized carbons (Fsp3) is 0.667. The van der Waals surface area contributed by atoms with Crippen LogP contribution in [0.2, 0.25) is 0 Å². The Labute approximate surface area is 70.6 Å². The topological polar surface area (TPSA) is 110 Å². The van der Waals surface area contributed by atoms with Crippen molar-refractivity contribution in [2.45, 2.75) is 25.8 Å². The van der Waals surface area contributed by atoms with Crippen molar-refractivity contribution in [3.8, 4) is 0 Å². The molecule has 1 atom stereocenters. The van der Waals surface area contributed by atoms with Gasteiger partial charge in [-0.3, -0.25) is 10.2 Å². The fourth-order valence-corrected chi connectivity index (χ4v) is 0.524. The minimum atomic E-state index is -0.949. The molecule has 6 nitrogen and oxygen atoms in total. The second kappa shape index (κ2) is 3.91. The van der Waals surface area contributed by atoms with Crippen LogP contribution in [0, 0.1) is 0 Å². The Bertz CT molecular complexity index is 194. The SMILES string of the molecule is CCC(C)(NNC(N)=O)C(N)=O. The zero-order valence-corrected chi connectivity index (χ0v) is 7.18. The van der Waals surface area contributed by atoms with Crippen molar-refractivity contribution in [1.29, 1.82) is 0 Å². The molecule has 0 bridgehead atoms. The van der Waals surface area contributed by atoms with Crippen molar-refractivity contribution in [1.82, 2.24) is 10.9 Å². The van der Waals surface area contributed by atoms with E-state index in [1.807, 2.05) is 0 Å². The zero-order valence-electron chi connectivity index (χ0n) is 7.18. The lowest BCUT2D eigenvalue weighted by atomic mass is 10.00. The van der Waals surface area contributed by atoms with Crippen LogP contribution in [-0.2, 0) is 4.79 Å². The summed E-state index contributed by atoms with van der Waals surface area (Å²) < 4.78 is 0. The van der Waals surface area contributed by atoms with Gasteiger partial charge in [-0.1, -0.05) is 6.92 Å². The number of hydrazine groups is 1. The van der Waals surface area contributed by atoms with Gasteiger partial charge in [-0.15, -0.1) is 0 Å². The predicted octanol–water partition coefficient (Wildman–Crippen LogP) is -1.19. The molecule has 0 aliphatic rings. The fourth-order valence-electron chi connectivity index (χ4n) is 0.524. The van der Waals surface area contributed by atoms with E-state index < -0.39 is 17.5 Å². The maximum atomic E-state index is 10.8. The van der Waals surface area contributed by atoms with Gasteiger partial charge in [0, 0.05) is 0 Å². The van der Waals surface area contributed by atoms with E-state index in [4.69, 9.17) is 11.5 Å². The third kappa shape index (κ3) is 2.75. The summed E-state index contributed by atoms with van der Waals surface area (Å²) in [6.45, 7) is 3.34. The Morgan fingerprint density at radius 1 is 1.42 bits per heavy atom. The summed E-state index contributed by atoms with van der Waals surface area (Å²) >= 11 is 0. The van der Waals surface area contributed by atoms with E-state index in [9.17, 15) is 9.59 Å². The summed E-state index contributed by atoms with van der Waals surface area (Å²) in [5.74, 6) is -0.543. The van der Waals surface area contributed by atoms with Crippen LogP contribution in [0.15, 0.2) is 0 Å². The Hall–Kier alpha value is -1.30. The number of carbonyl (C=O) groups is 2. The number of amides is 3. The molecule has 70 valence electrons. The quantitative estimate of drug-likeness (QED) is 0.402. The highest BCUT2D eigenvalue weighted by atomic mass is 16.2. The average molecular weight is 174 g/mol. The third-order valence-electron chi connectivity index (χ3n) is 1.71. The first-order valence-corrected chi connectivity index (χ1v) is 3.55. The lowest BCUT2D eigenvalue weighted by molar-refractivity contribution is -0.124. The second-order valence-electron chi connectivity index (χ2n) is 2.66. The largest absolute Gasteiger partial charge is 0.368 e. The monoisotopic (exact) mass is 174 g/mol. The normalized spacial score (nSPS) is 14.8. The highest BCUT2D eigenvalue weighted by Gasteiger charge is 2.28. The molecule has 12 heavy (non-hydrogen) atoms. The third-order valence-corrected chi connectivity index (χ3v) is 1.71. The van der Waals surface area contributed by atoms with Gasteiger partial charge in [-0.25, -0.2) is 10.2 Å². The molecular formula is C6H14N4O2. The molecule has 6 heteroatoms. The summed E-state index contributed by atoms with van der Waals surface area (Å²) in [6, 6.07) is -0.754. The van der Waals surface area contributed by atoms with Crippen molar-refractivity contribution < 1.29 is 9.59 Å². The molecule has 0 heterocycles. The molecule has 0 saturated heterocycles. The minimum absolute atomic E-state index is 0.461. The first kappa shape index (κ1) is 10.7. The van der Waals surface area contributed by atoms with E-state index in [2.05, 4.69) is 10.9 Å². The van der Waals surface area contributed by atoms with Crippen molar-refractivity contribution in [3.63, 3.8) is 0 Å². The van der Waals surface area contributed by atoms with Crippen molar-refractivity contribution in [2.75, 3.05) is 0 Å². The molecule has 0 spiro atoms. The number of nitrogens with one attached hydrogen (secondary N) is 2. The van der Waals surface area contributed by atoms with Gasteiger partial charge < -0.3 is 11.5 Å². The van der Waals surface area contributed by atoms with Crippen molar-refractivity contribution >= 4 is 11.9 Å². The van der Waals surface area contributed by atoms with Crippen LogP contribution in [0.1, 0.15) is 20.3 Å². The summed E-state index contributed by atoms with van der Waals surface area (Å²) in [5, 5.41) is 0. The second-order valence-corrected chi connectivity index (χ2v) is 2.66. The van der Waals surface area contributed by atoms with Crippen LogP contribution in [0.4, 0.5) is 4.79 Å². The number of rotatable bonds is 4. The molecule has 0 fully saturated rings. The molecule has 0 aromatic carbocycles. The number of hydrogen-bond acceptors (Lipinski definition) is 3. The molecular weight excluding hydrogens is 160 g/mol. The number of carbonyl (C=O) groups excluding carboxylic acids is 2. The van der Waals surface area contributed by atoms with Gasteiger partial charge >= 0.3 is 6.03 Å². The highest BCUT2D eigenvalue weighted by Crippen LogP contribution is 2.05. The Balaban J connectivity index is 4.15. The molecule has 0 aromatic heterocycles. The molecule has 0 radical (unpaired) electrons. The highest BCUT2D eigenvalue weighted by molar-refractivity contribution is 5.84. The Kier molecular flexibility index (Phi) is 3.49. The number of primary amides is 2. The molecule has 0 saturated carbocycles. The van der Waals surface area contributed by atoms with E-state index in [0.29, 0.717) is 6.42 Å². The number of nitrogens with two attached hydrogens (primary N) is 2. The molecule has 3 amide bonds.